The summed E-state index contributed by atoms with van der Waals surface area (Å²) in [6.07, 6.45) is -5.17. The molecule has 2 aliphatic heterocycles. The third kappa shape index (κ3) is 5.42. The molecule has 10 N–H and O–H groups in total. The highest BCUT2D eigenvalue weighted by Gasteiger charge is 2.74. The highest BCUT2D eigenvalue weighted by atomic mass is 32.5. The monoisotopic (exact) mass is 673 g/mol. The van der Waals surface area contributed by atoms with Crippen molar-refractivity contribution in [1.82, 2.24) is 9.97 Å². The summed E-state index contributed by atoms with van der Waals surface area (Å²) in [4.78, 5) is 28.4. The van der Waals surface area contributed by atoms with Gasteiger partial charge in [0, 0.05) is 5.56 Å². The number of phosphoric acid groups is 1. The molecule has 1 saturated carbocycles. The first-order valence-electron chi connectivity index (χ1n) is 12.2. The van der Waals surface area contributed by atoms with E-state index in [2.05, 4.69) is 14.3 Å². The second kappa shape index (κ2) is 11.3. The number of phosphoric ester groups is 1. The van der Waals surface area contributed by atoms with Crippen LogP contribution in [0.4, 0.5) is 10.2 Å². The van der Waals surface area contributed by atoms with Crippen LogP contribution in [0.25, 0.3) is 11.1 Å². The number of nitrogen functional groups attached to an aromatic ring is 1. The highest BCUT2D eigenvalue weighted by Crippen LogP contribution is 2.65. The highest BCUT2D eigenvalue weighted by molar-refractivity contribution is 8.08. The Bertz CT molecular complexity index is 1530. The number of fused-ring (bicyclic) bond motifs is 2. The standard InChI is InChI=1S/C21H26FN3O15P2S/c1-2-20(30)16(29)9(37-17(20)7-4-35-15-12(7)24-6-25-18(15)23)5-36-42(34,43)40-41(32,33)39-19-11-14(28)13(27)10(8(22)3-26)21(11,31)38-19/h1,4,6,8-11,13-14,16-17,19,26-31H,3,5H2,(H,32,33)(H,34,43)(H2,23,24,25)/t8-,9+,10?,11?,13?,14?,16+,17-,19?,20+,21?,42?/m0/s1. The van der Waals surface area contributed by atoms with Gasteiger partial charge in [0.25, 0.3) is 0 Å². The van der Waals surface area contributed by atoms with Crippen molar-refractivity contribution in [2.24, 2.45) is 11.8 Å². The van der Waals surface area contributed by atoms with Gasteiger partial charge in [-0.25, -0.2) is 23.2 Å². The summed E-state index contributed by atoms with van der Waals surface area (Å²) < 4.78 is 56.9. The number of nitrogens with two attached hydrogens (primary N) is 1. The van der Waals surface area contributed by atoms with E-state index in [1.54, 1.807) is 0 Å². The maximum Gasteiger partial charge on any atom is 0.481 e. The number of alkyl halides is 1. The molecule has 22 heteroatoms. The van der Waals surface area contributed by atoms with Gasteiger partial charge in [-0.3, -0.25) is 4.52 Å². The van der Waals surface area contributed by atoms with Crippen LogP contribution in [0.2, 0.25) is 0 Å². The Kier molecular flexibility index (Phi) is 8.55. The fraction of sp³-hybridized carbons (Fsp3) is 0.619. The van der Waals surface area contributed by atoms with Gasteiger partial charge in [0.1, 0.15) is 36.3 Å². The number of rotatable bonds is 10. The van der Waals surface area contributed by atoms with Crippen molar-refractivity contribution in [2.75, 3.05) is 18.9 Å². The average molecular weight is 673 g/mol. The fourth-order valence-electron chi connectivity index (χ4n) is 5.45. The van der Waals surface area contributed by atoms with E-state index in [1.807, 2.05) is 5.92 Å². The van der Waals surface area contributed by atoms with Gasteiger partial charge in [0.05, 0.1) is 43.5 Å². The molecule has 18 nitrogen and oxygen atoms in total. The van der Waals surface area contributed by atoms with E-state index in [4.69, 9.17) is 52.0 Å². The number of anilines is 1. The molecule has 2 aromatic rings. The largest absolute Gasteiger partial charge is 0.481 e. The second-order valence-corrected chi connectivity index (χ2v) is 14.4. The predicted molar refractivity (Wildman–Crippen MR) is 139 cm³/mol. The fourth-order valence-corrected chi connectivity index (χ4v) is 8.55. The maximum absolute atomic E-state index is 14.1. The molecule has 0 aromatic carbocycles. The van der Waals surface area contributed by atoms with Crippen LogP contribution in [-0.2, 0) is 39.2 Å². The van der Waals surface area contributed by atoms with E-state index in [9.17, 15) is 44.3 Å². The Labute approximate surface area is 245 Å². The quantitative estimate of drug-likeness (QED) is 0.0945. The lowest BCUT2D eigenvalue weighted by Crippen LogP contribution is -2.64. The van der Waals surface area contributed by atoms with Crippen molar-refractivity contribution in [3.05, 3.63) is 18.2 Å². The molecule has 0 spiro atoms. The molecule has 3 fully saturated rings. The third-order valence-corrected chi connectivity index (χ3v) is 11.0. The second-order valence-electron chi connectivity index (χ2n) is 9.99. The zero-order valence-electron chi connectivity index (χ0n) is 21.4. The normalized spacial score (nSPS) is 40.7. The number of halogens is 1. The van der Waals surface area contributed by atoms with E-state index in [0.717, 1.165) is 12.6 Å². The van der Waals surface area contributed by atoms with E-state index in [-0.39, 0.29) is 22.5 Å². The third-order valence-electron chi connectivity index (χ3n) is 7.48. The molecular weight excluding hydrogens is 647 g/mol. The van der Waals surface area contributed by atoms with Crippen molar-refractivity contribution in [3.8, 4) is 12.3 Å². The molecule has 0 amide bonds. The molecule has 3 aliphatic rings. The molecule has 8 unspecified atom stereocenters. The molecule has 43 heavy (non-hydrogen) atoms. The molecule has 2 aromatic heterocycles. The first-order chi connectivity index (χ1) is 20.0. The Morgan fingerprint density at radius 3 is 2.60 bits per heavy atom. The van der Waals surface area contributed by atoms with Crippen molar-refractivity contribution in [2.45, 2.75) is 54.4 Å². The van der Waals surface area contributed by atoms with Gasteiger partial charge in [-0.05, 0) is 11.8 Å². The summed E-state index contributed by atoms with van der Waals surface area (Å²) in [6, 6.07) is 0. The summed E-state index contributed by atoms with van der Waals surface area (Å²) in [5, 5.41) is 61.7. The summed E-state index contributed by atoms with van der Waals surface area (Å²) >= 11 is 4.74. The van der Waals surface area contributed by atoms with Crippen LogP contribution in [0, 0.1) is 24.2 Å². The number of aromatic nitrogens is 2. The Morgan fingerprint density at radius 2 is 1.95 bits per heavy atom. The number of hydrogen-bond acceptors (Lipinski definition) is 17. The van der Waals surface area contributed by atoms with Crippen LogP contribution in [0.15, 0.2) is 17.0 Å². The van der Waals surface area contributed by atoms with Gasteiger partial charge in [-0.1, -0.05) is 5.92 Å². The molecule has 0 radical (unpaired) electrons. The molecule has 0 bridgehead atoms. The number of hydrogen-bond donors (Lipinski definition) is 9. The number of furan rings is 1. The maximum atomic E-state index is 14.1. The Morgan fingerprint density at radius 1 is 1.26 bits per heavy atom. The number of aliphatic hydroxyl groups excluding tert-OH is 4. The van der Waals surface area contributed by atoms with Gasteiger partial charge in [0.2, 0.25) is 0 Å². The summed E-state index contributed by atoms with van der Waals surface area (Å²) in [7, 11) is -5.43. The minimum Gasteiger partial charge on any atom is -0.458 e. The molecular formula is C21H26FN3O15P2S. The van der Waals surface area contributed by atoms with E-state index < -0.39 is 94.0 Å². The zero-order chi connectivity index (χ0) is 31.7. The molecule has 5 rings (SSSR count). The first-order valence-corrected chi connectivity index (χ1v) is 16.3. The Hall–Kier alpha value is -1.73. The van der Waals surface area contributed by atoms with Gasteiger partial charge in [-0.15, -0.1) is 6.42 Å². The van der Waals surface area contributed by atoms with Crippen molar-refractivity contribution in [1.29, 1.82) is 0 Å². The minimum absolute atomic E-state index is 0.0279. The molecule has 1 aliphatic carbocycles. The van der Waals surface area contributed by atoms with E-state index in [1.165, 1.54) is 0 Å². The van der Waals surface area contributed by atoms with Crippen molar-refractivity contribution < 1.29 is 76.6 Å². The molecule has 13 atom stereocenters. The summed E-state index contributed by atoms with van der Waals surface area (Å²) in [5.74, 6) is -4.06. The number of terminal acetylenes is 1. The first kappa shape index (κ1) is 32.7. The minimum atomic E-state index is -5.43. The van der Waals surface area contributed by atoms with Crippen LogP contribution in [0.3, 0.4) is 0 Å². The predicted octanol–water partition coefficient (Wildman–Crippen LogP) is -2.32. The van der Waals surface area contributed by atoms with Crippen molar-refractivity contribution >= 4 is 43.3 Å². The van der Waals surface area contributed by atoms with Crippen LogP contribution in [0.1, 0.15) is 11.7 Å². The van der Waals surface area contributed by atoms with E-state index in [0.29, 0.717) is 0 Å². The van der Waals surface area contributed by atoms with Crippen LogP contribution < -0.4 is 5.73 Å². The van der Waals surface area contributed by atoms with Crippen LogP contribution in [-0.4, -0.2) is 112 Å². The zero-order valence-corrected chi connectivity index (χ0v) is 24.0. The number of nitrogens with zero attached hydrogens (tertiary/aromatic N) is 2. The Balaban J connectivity index is 1.24. The average Bonchev–Trinajstić information content (AvgIpc) is 3.50. The molecule has 2 saturated heterocycles. The lowest BCUT2D eigenvalue weighted by molar-refractivity contribution is -0.426. The van der Waals surface area contributed by atoms with Crippen LogP contribution in [0.5, 0.6) is 0 Å². The van der Waals surface area contributed by atoms with Crippen LogP contribution >= 0.6 is 14.5 Å². The lowest BCUT2D eigenvalue weighted by atomic mass is 9.87. The van der Waals surface area contributed by atoms with Gasteiger partial charge in [0.15, 0.2) is 29.1 Å². The SMILES string of the molecule is C#C[C@@]1(O)[C@H](O)[C@@H](COP(O)(=S)OP(=O)(O)OC2OC3(O)C2C(O)C(O)C3[C@@H](F)CO)O[C@H]1c1coc2c(N)ncnc12. The number of aliphatic hydroxyl groups is 6. The lowest BCUT2D eigenvalue weighted by Gasteiger charge is -2.49. The molecule has 4 heterocycles. The number of ether oxygens (including phenoxy) is 2. The smallest absolute Gasteiger partial charge is 0.458 e. The van der Waals surface area contributed by atoms with Crippen molar-refractivity contribution in [3.63, 3.8) is 0 Å². The summed E-state index contributed by atoms with van der Waals surface area (Å²) in [6.45, 7) is -6.71. The topological polar surface area (TPSA) is 290 Å². The van der Waals surface area contributed by atoms with Gasteiger partial charge >= 0.3 is 14.5 Å². The molecule has 238 valence electrons. The van der Waals surface area contributed by atoms with Gasteiger partial charge in [-0.2, -0.15) is 0 Å². The summed E-state index contributed by atoms with van der Waals surface area (Å²) in [5.41, 5.74) is 3.61. The van der Waals surface area contributed by atoms with Gasteiger partial charge < -0.3 is 64.6 Å². The van der Waals surface area contributed by atoms with E-state index >= 15 is 0 Å².